The molecule has 2 aromatic heterocycles. The van der Waals surface area contributed by atoms with Crippen molar-refractivity contribution in [1.82, 2.24) is 0 Å². The minimum absolute atomic E-state index is 0.124. The number of thiophene rings is 1. The molecule has 3 atom stereocenters. The molecule has 1 amide bonds. The second-order valence-electron chi connectivity index (χ2n) is 6.69. The molecule has 0 aliphatic carbocycles. The number of quaternary nitrogens is 1. The third kappa shape index (κ3) is 4.77. The van der Waals surface area contributed by atoms with E-state index in [1.165, 1.54) is 16.2 Å². The number of amides is 1. The molecule has 0 saturated carbocycles. The number of anilines is 1. The number of hydrogen-bond acceptors (Lipinski definition) is 6. The number of morpholine rings is 1. The van der Waals surface area contributed by atoms with Gasteiger partial charge in [0.05, 0.1) is 12.9 Å². The monoisotopic (exact) mass is 393 g/mol. The normalized spacial score (nSPS) is 22.4. The van der Waals surface area contributed by atoms with Gasteiger partial charge in [0, 0.05) is 10.9 Å². The Kier molecular flexibility index (Phi) is 6.30. The van der Waals surface area contributed by atoms with Crippen LogP contribution >= 0.6 is 11.3 Å². The van der Waals surface area contributed by atoms with Gasteiger partial charge in [-0.1, -0.05) is 0 Å². The highest BCUT2D eigenvalue weighted by Gasteiger charge is 2.29. The number of rotatable bonds is 6. The quantitative estimate of drug-likeness (QED) is 0.732. The van der Waals surface area contributed by atoms with Crippen molar-refractivity contribution in [1.29, 1.82) is 0 Å². The van der Waals surface area contributed by atoms with E-state index >= 15 is 0 Å². The number of carbonyl (C=O) groups excluding carboxylic acids is 2. The second kappa shape index (κ2) is 8.69. The molecule has 2 aromatic rings. The van der Waals surface area contributed by atoms with Gasteiger partial charge < -0.3 is 24.1 Å². The highest BCUT2D eigenvalue weighted by atomic mass is 32.1. The largest absolute Gasteiger partial charge is 0.464 e. The van der Waals surface area contributed by atoms with E-state index in [4.69, 9.17) is 13.9 Å². The molecule has 0 spiro atoms. The van der Waals surface area contributed by atoms with E-state index in [2.05, 4.69) is 5.32 Å². The van der Waals surface area contributed by atoms with Crippen LogP contribution in [0.25, 0.3) is 11.3 Å². The van der Waals surface area contributed by atoms with Crippen molar-refractivity contribution in [3.05, 3.63) is 29.3 Å². The lowest BCUT2D eigenvalue weighted by molar-refractivity contribution is -0.907. The Labute approximate surface area is 162 Å². The number of hydrogen-bond donors (Lipinski definition) is 2. The van der Waals surface area contributed by atoms with E-state index in [0.29, 0.717) is 28.4 Å². The average molecular weight is 393 g/mol. The number of nitrogens with one attached hydrogen (secondary N) is 2. The van der Waals surface area contributed by atoms with Crippen LogP contribution in [0.5, 0.6) is 0 Å². The van der Waals surface area contributed by atoms with Crippen LogP contribution in [-0.2, 0) is 14.3 Å². The van der Waals surface area contributed by atoms with Crippen molar-refractivity contribution in [3.63, 3.8) is 0 Å². The molecule has 3 rings (SSSR count). The van der Waals surface area contributed by atoms with E-state index in [1.807, 2.05) is 13.8 Å². The zero-order valence-corrected chi connectivity index (χ0v) is 16.6. The fourth-order valence-electron chi connectivity index (χ4n) is 3.40. The van der Waals surface area contributed by atoms with Crippen LogP contribution < -0.4 is 10.2 Å². The van der Waals surface area contributed by atoms with Crippen LogP contribution in [0.1, 0.15) is 31.1 Å². The van der Waals surface area contributed by atoms with Crippen LogP contribution in [0.2, 0.25) is 0 Å². The standard InChI is InChI=1S/C19H24N2O5S/c1-4-24-19(23)17-14(15-6-5-7-25-15)11-27-18(17)20-16(22)10-21-8-12(2)26-13(3)9-21/h5-7,11-13H,4,8-10H2,1-3H3,(H,20,22)/p+1/t12-,13+. The van der Waals surface area contributed by atoms with Crippen molar-refractivity contribution in [2.24, 2.45) is 0 Å². The van der Waals surface area contributed by atoms with Crippen LogP contribution in [0.15, 0.2) is 28.2 Å². The number of esters is 1. The highest BCUT2D eigenvalue weighted by Crippen LogP contribution is 2.36. The maximum Gasteiger partial charge on any atom is 0.341 e. The molecule has 27 heavy (non-hydrogen) atoms. The van der Waals surface area contributed by atoms with E-state index in [-0.39, 0.29) is 24.7 Å². The first-order valence-electron chi connectivity index (χ1n) is 9.09. The molecule has 0 bridgehead atoms. The van der Waals surface area contributed by atoms with Gasteiger partial charge in [0.15, 0.2) is 6.54 Å². The second-order valence-corrected chi connectivity index (χ2v) is 7.57. The van der Waals surface area contributed by atoms with Crippen LogP contribution in [0.4, 0.5) is 5.00 Å². The van der Waals surface area contributed by atoms with Crippen molar-refractivity contribution < 1.29 is 28.4 Å². The summed E-state index contributed by atoms with van der Waals surface area (Å²) in [6.07, 6.45) is 1.79. The van der Waals surface area contributed by atoms with Gasteiger partial charge in [-0.25, -0.2) is 4.79 Å². The fraction of sp³-hybridized carbons (Fsp3) is 0.474. The number of furan rings is 1. The van der Waals surface area contributed by atoms with Crippen LogP contribution in [-0.4, -0.2) is 50.3 Å². The Morgan fingerprint density at radius 2 is 2.07 bits per heavy atom. The lowest BCUT2D eigenvalue weighted by Gasteiger charge is -2.31. The molecule has 146 valence electrons. The molecule has 1 saturated heterocycles. The molecular formula is C19H25N2O5S+. The van der Waals surface area contributed by atoms with Gasteiger partial charge in [-0.15, -0.1) is 11.3 Å². The topological polar surface area (TPSA) is 82.2 Å². The van der Waals surface area contributed by atoms with Gasteiger partial charge in [-0.3, -0.25) is 4.79 Å². The lowest BCUT2D eigenvalue weighted by atomic mass is 10.1. The molecule has 0 radical (unpaired) electrons. The minimum Gasteiger partial charge on any atom is -0.464 e. The minimum atomic E-state index is -0.471. The zero-order valence-electron chi connectivity index (χ0n) is 15.7. The van der Waals surface area contributed by atoms with Gasteiger partial charge in [0.25, 0.3) is 5.91 Å². The smallest absolute Gasteiger partial charge is 0.341 e. The summed E-state index contributed by atoms with van der Waals surface area (Å²) in [6, 6.07) is 3.53. The third-order valence-corrected chi connectivity index (χ3v) is 5.23. The average Bonchev–Trinajstić information content (AvgIpc) is 3.23. The SMILES string of the molecule is CCOC(=O)c1c(-c2ccco2)csc1NC(=O)C[NH+]1C[C@@H](C)O[C@@H](C)C1. The van der Waals surface area contributed by atoms with Crippen molar-refractivity contribution >= 4 is 28.2 Å². The Morgan fingerprint density at radius 3 is 2.70 bits per heavy atom. The van der Waals surface area contributed by atoms with Gasteiger partial charge in [-0.05, 0) is 32.9 Å². The van der Waals surface area contributed by atoms with Crippen LogP contribution in [0.3, 0.4) is 0 Å². The lowest BCUT2D eigenvalue weighted by Crippen LogP contribution is -3.16. The fourth-order valence-corrected chi connectivity index (χ4v) is 4.35. The summed E-state index contributed by atoms with van der Waals surface area (Å²) < 4.78 is 16.3. The number of ether oxygens (including phenoxy) is 2. The molecule has 3 heterocycles. The first kappa shape index (κ1) is 19.6. The van der Waals surface area contributed by atoms with Gasteiger partial charge in [-0.2, -0.15) is 0 Å². The Hall–Kier alpha value is -2.16. The Balaban J connectivity index is 1.76. The zero-order chi connectivity index (χ0) is 19.4. The molecule has 1 aliphatic heterocycles. The maximum atomic E-state index is 12.6. The summed E-state index contributed by atoms with van der Waals surface area (Å²) in [5.74, 6) is -0.0395. The summed E-state index contributed by atoms with van der Waals surface area (Å²) >= 11 is 1.29. The van der Waals surface area contributed by atoms with E-state index in [9.17, 15) is 9.59 Å². The molecule has 2 N–H and O–H groups in total. The first-order valence-corrected chi connectivity index (χ1v) is 9.97. The third-order valence-electron chi connectivity index (χ3n) is 4.34. The number of carbonyl (C=O) groups is 2. The van der Waals surface area contributed by atoms with Gasteiger partial charge in [0.2, 0.25) is 0 Å². The summed E-state index contributed by atoms with van der Waals surface area (Å²) in [4.78, 5) is 26.2. The highest BCUT2D eigenvalue weighted by molar-refractivity contribution is 7.15. The molecule has 1 aliphatic rings. The van der Waals surface area contributed by atoms with Crippen molar-refractivity contribution in [2.45, 2.75) is 33.0 Å². The molecule has 0 aromatic carbocycles. The molecule has 1 fully saturated rings. The maximum absolute atomic E-state index is 12.6. The molecular weight excluding hydrogens is 368 g/mol. The molecule has 1 unspecified atom stereocenters. The van der Waals surface area contributed by atoms with Crippen molar-refractivity contribution in [3.8, 4) is 11.3 Å². The van der Waals surface area contributed by atoms with E-state index in [0.717, 1.165) is 13.1 Å². The van der Waals surface area contributed by atoms with E-state index < -0.39 is 5.97 Å². The Bertz CT molecular complexity index is 776. The Morgan fingerprint density at radius 1 is 1.33 bits per heavy atom. The van der Waals surface area contributed by atoms with Gasteiger partial charge in [0.1, 0.15) is 41.6 Å². The summed E-state index contributed by atoms with van der Waals surface area (Å²) in [7, 11) is 0. The van der Waals surface area contributed by atoms with E-state index in [1.54, 1.807) is 30.7 Å². The summed E-state index contributed by atoms with van der Waals surface area (Å²) in [6.45, 7) is 7.93. The molecule has 7 nitrogen and oxygen atoms in total. The predicted molar refractivity (Wildman–Crippen MR) is 102 cm³/mol. The van der Waals surface area contributed by atoms with Crippen LogP contribution in [0, 0.1) is 0 Å². The summed E-state index contributed by atoms with van der Waals surface area (Å²) in [5, 5.41) is 5.17. The van der Waals surface area contributed by atoms with Gasteiger partial charge >= 0.3 is 5.97 Å². The summed E-state index contributed by atoms with van der Waals surface area (Å²) in [5.41, 5.74) is 0.962. The predicted octanol–water partition coefficient (Wildman–Crippen LogP) is 1.82. The molecule has 8 heteroatoms. The first-order chi connectivity index (χ1) is 13.0. The van der Waals surface area contributed by atoms with Crippen molar-refractivity contribution in [2.75, 3.05) is 31.6 Å².